The molecule has 0 aliphatic carbocycles. The number of benzene rings is 1. The molecule has 1 aromatic carbocycles. The molecule has 0 unspecified atom stereocenters. The van der Waals surface area contributed by atoms with E-state index in [9.17, 15) is 4.79 Å². The normalized spacial score (nSPS) is 14.8. The standard InChI is InChI=1S/C20H30N2O3/c1-17(18-7-9-19(10-8-18)21(2)3)24-15-16-25-20(23)11-14-22-12-5-4-6-13-22/h7-10H,1,4-6,11-16H2,2-3H3. The summed E-state index contributed by atoms with van der Waals surface area (Å²) in [6.07, 6.45) is 4.23. The van der Waals surface area contributed by atoms with E-state index in [4.69, 9.17) is 9.47 Å². The molecule has 1 aromatic rings. The molecule has 0 amide bonds. The molecule has 25 heavy (non-hydrogen) atoms. The SMILES string of the molecule is C=C(OCCOC(=O)CCN1CCCCC1)c1ccc(N(C)C)cc1. The van der Waals surface area contributed by atoms with Gasteiger partial charge in [-0.2, -0.15) is 0 Å². The molecule has 138 valence electrons. The number of anilines is 1. The van der Waals surface area contributed by atoms with Gasteiger partial charge in [-0.3, -0.25) is 4.79 Å². The number of piperidine rings is 1. The smallest absolute Gasteiger partial charge is 0.307 e. The lowest BCUT2D eigenvalue weighted by Crippen LogP contribution is -2.32. The summed E-state index contributed by atoms with van der Waals surface area (Å²) < 4.78 is 10.8. The Labute approximate surface area is 151 Å². The van der Waals surface area contributed by atoms with Crippen LogP contribution >= 0.6 is 0 Å². The summed E-state index contributed by atoms with van der Waals surface area (Å²) in [5.74, 6) is 0.435. The summed E-state index contributed by atoms with van der Waals surface area (Å²) in [6, 6.07) is 7.99. The van der Waals surface area contributed by atoms with Gasteiger partial charge in [0.05, 0.1) is 6.42 Å². The first-order chi connectivity index (χ1) is 12.1. The number of nitrogens with zero attached hydrogens (tertiary/aromatic N) is 2. The summed E-state index contributed by atoms with van der Waals surface area (Å²) in [4.78, 5) is 16.1. The number of esters is 1. The predicted molar refractivity (Wildman–Crippen MR) is 102 cm³/mol. The van der Waals surface area contributed by atoms with Crippen LogP contribution in [0.5, 0.6) is 0 Å². The lowest BCUT2D eigenvalue weighted by Gasteiger charge is -2.25. The minimum atomic E-state index is -0.157. The van der Waals surface area contributed by atoms with E-state index in [1.54, 1.807) is 0 Å². The van der Waals surface area contributed by atoms with Crippen LogP contribution in [0.4, 0.5) is 5.69 Å². The minimum absolute atomic E-state index is 0.157. The summed E-state index contributed by atoms with van der Waals surface area (Å²) >= 11 is 0. The third-order valence-electron chi connectivity index (χ3n) is 4.41. The van der Waals surface area contributed by atoms with E-state index in [1.807, 2.05) is 43.3 Å². The summed E-state index contributed by atoms with van der Waals surface area (Å²) in [6.45, 7) is 7.51. The van der Waals surface area contributed by atoms with Crippen molar-refractivity contribution in [1.29, 1.82) is 0 Å². The molecule has 0 N–H and O–H groups in total. The van der Waals surface area contributed by atoms with Crippen LogP contribution in [0.3, 0.4) is 0 Å². The Hall–Kier alpha value is -2.01. The molecule has 1 heterocycles. The van der Waals surface area contributed by atoms with Gasteiger partial charge in [0.2, 0.25) is 0 Å². The molecular formula is C20H30N2O3. The van der Waals surface area contributed by atoms with Crippen molar-refractivity contribution in [2.24, 2.45) is 0 Å². The Morgan fingerprint density at radius 1 is 1.08 bits per heavy atom. The number of carbonyl (C=O) groups is 1. The molecular weight excluding hydrogens is 316 g/mol. The highest BCUT2D eigenvalue weighted by Crippen LogP contribution is 2.18. The molecule has 2 rings (SSSR count). The first-order valence-corrected chi connectivity index (χ1v) is 9.03. The number of likely N-dealkylation sites (tertiary alicyclic amines) is 1. The number of carbonyl (C=O) groups excluding carboxylic acids is 1. The maximum Gasteiger partial charge on any atom is 0.307 e. The van der Waals surface area contributed by atoms with Crippen molar-refractivity contribution in [3.63, 3.8) is 0 Å². The number of hydrogen-bond acceptors (Lipinski definition) is 5. The van der Waals surface area contributed by atoms with Gasteiger partial charge in [0.1, 0.15) is 19.0 Å². The lowest BCUT2D eigenvalue weighted by atomic mass is 10.1. The number of hydrogen-bond donors (Lipinski definition) is 0. The average Bonchev–Trinajstić information content (AvgIpc) is 2.64. The average molecular weight is 346 g/mol. The van der Waals surface area contributed by atoms with Crippen LogP contribution in [0.15, 0.2) is 30.8 Å². The highest BCUT2D eigenvalue weighted by Gasteiger charge is 2.12. The topological polar surface area (TPSA) is 42.0 Å². The van der Waals surface area contributed by atoms with Crippen molar-refractivity contribution in [1.82, 2.24) is 4.90 Å². The molecule has 1 fully saturated rings. The highest BCUT2D eigenvalue weighted by atomic mass is 16.6. The van der Waals surface area contributed by atoms with E-state index in [0.717, 1.165) is 30.9 Å². The largest absolute Gasteiger partial charge is 0.490 e. The molecule has 0 aromatic heterocycles. The van der Waals surface area contributed by atoms with Crippen LogP contribution in [0.1, 0.15) is 31.2 Å². The fourth-order valence-corrected chi connectivity index (χ4v) is 2.85. The van der Waals surface area contributed by atoms with Gasteiger partial charge in [-0.1, -0.05) is 13.0 Å². The quantitative estimate of drug-likeness (QED) is 0.390. The summed E-state index contributed by atoms with van der Waals surface area (Å²) in [7, 11) is 4.00. The van der Waals surface area contributed by atoms with E-state index in [0.29, 0.717) is 18.8 Å². The zero-order valence-corrected chi connectivity index (χ0v) is 15.5. The number of ether oxygens (including phenoxy) is 2. The van der Waals surface area contributed by atoms with Gasteiger partial charge < -0.3 is 19.3 Å². The van der Waals surface area contributed by atoms with Gasteiger partial charge in [-0.15, -0.1) is 0 Å². The Bertz CT molecular complexity index is 549. The second kappa shape index (κ2) is 10.1. The highest BCUT2D eigenvalue weighted by molar-refractivity contribution is 5.69. The van der Waals surface area contributed by atoms with Gasteiger partial charge >= 0.3 is 5.97 Å². The predicted octanol–water partition coefficient (Wildman–Crippen LogP) is 3.16. The van der Waals surface area contributed by atoms with Crippen LogP contribution < -0.4 is 4.90 Å². The van der Waals surface area contributed by atoms with Gasteiger partial charge in [-0.05, 0) is 50.2 Å². The first-order valence-electron chi connectivity index (χ1n) is 9.03. The van der Waals surface area contributed by atoms with Crippen LogP contribution in [-0.2, 0) is 14.3 Å². The van der Waals surface area contributed by atoms with Crippen LogP contribution in [0, 0.1) is 0 Å². The van der Waals surface area contributed by atoms with Gasteiger partial charge in [-0.25, -0.2) is 0 Å². The zero-order chi connectivity index (χ0) is 18.1. The van der Waals surface area contributed by atoms with Crippen LogP contribution in [0.25, 0.3) is 5.76 Å². The van der Waals surface area contributed by atoms with E-state index in [2.05, 4.69) is 11.5 Å². The third-order valence-corrected chi connectivity index (χ3v) is 4.41. The molecule has 0 radical (unpaired) electrons. The van der Waals surface area contributed by atoms with E-state index in [-0.39, 0.29) is 12.6 Å². The Kier molecular flexibility index (Phi) is 7.79. The molecule has 0 saturated carbocycles. The van der Waals surface area contributed by atoms with Crippen molar-refractivity contribution < 1.29 is 14.3 Å². The van der Waals surface area contributed by atoms with Crippen molar-refractivity contribution in [3.05, 3.63) is 36.4 Å². The Morgan fingerprint density at radius 3 is 2.36 bits per heavy atom. The lowest BCUT2D eigenvalue weighted by molar-refractivity contribution is -0.145. The fourth-order valence-electron chi connectivity index (χ4n) is 2.85. The van der Waals surface area contributed by atoms with Crippen LogP contribution in [0.2, 0.25) is 0 Å². The maximum absolute atomic E-state index is 11.8. The van der Waals surface area contributed by atoms with Crippen LogP contribution in [-0.4, -0.2) is 57.8 Å². The molecule has 1 saturated heterocycles. The third kappa shape index (κ3) is 6.78. The second-order valence-electron chi connectivity index (χ2n) is 6.59. The molecule has 0 atom stereocenters. The number of rotatable bonds is 9. The van der Waals surface area contributed by atoms with Crippen molar-refractivity contribution in [2.75, 3.05) is 51.8 Å². The molecule has 0 spiro atoms. The van der Waals surface area contributed by atoms with Crippen molar-refractivity contribution in [2.45, 2.75) is 25.7 Å². The van der Waals surface area contributed by atoms with Gasteiger partial charge in [0.15, 0.2) is 0 Å². The van der Waals surface area contributed by atoms with E-state index in [1.165, 1.54) is 19.3 Å². The first kappa shape index (κ1) is 19.3. The zero-order valence-electron chi connectivity index (χ0n) is 15.5. The van der Waals surface area contributed by atoms with Crippen molar-refractivity contribution >= 4 is 17.4 Å². The monoisotopic (exact) mass is 346 g/mol. The molecule has 0 bridgehead atoms. The van der Waals surface area contributed by atoms with Crippen molar-refractivity contribution in [3.8, 4) is 0 Å². The summed E-state index contributed by atoms with van der Waals surface area (Å²) in [5.41, 5.74) is 2.06. The van der Waals surface area contributed by atoms with Gasteiger partial charge in [0.25, 0.3) is 0 Å². The molecule has 1 aliphatic rings. The van der Waals surface area contributed by atoms with E-state index >= 15 is 0 Å². The fraction of sp³-hybridized carbons (Fsp3) is 0.550. The Morgan fingerprint density at radius 2 is 1.72 bits per heavy atom. The molecule has 1 aliphatic heterocycles. The Balaban J connectivity index is 1.59. The van der Waals surface area contributed by atoms with Gasteiger partial charge in [0, 0.05) is 31.9 Å². The minimum Gasteiger partial charge on any atom is -0.490 e. The van der Waals surface area contributed by atoms with E-state index < -0.39 is 0 Å². The maximum atomic E-state index is 11.8. The summed E-state index contributed by atoms with van der Waals surface area (Å²) in [5, 5.41) is 0. The second-order valence-corrected chi connectivity index (χ2v) is 6.59. The molecule has 5 heteroatoms. The molecule has 5 nitrogen and oxygen atoms in total.